The van der Waals surface area contributed by atoms with E-state index in [1.54, 1.807) is 26.0 Å². The first-order valence-corrected chi connectivity index (χ1v) is 9.90. The molecule has 1 fully saturated rings. The van der Waals surface area contributed by atoms with Gasteiger partial charge in [0.25, 0.3) is 5.91 Å². The van der Waals surface area contributed by atoms with Crippen molar-refractivity contribution in [3.63, 3.8) is 0 Å². The number of hydrogen-bond acceptors (Lipinski definition) is 7. The molecule has 1 aromatic carbocycles. The lowest BCUT2D eigenvalue weighted by Gasteiger charge is -2.42. The Labute approximate surface area is 179 Å². The Morgan fingerprint density at radius 1 is 1.23 bits per heavy atom. The molecule has 1 amide bonds. The lowest BCUT2D eigenvalue weighted by molar-refractivity contribution is -0.221. The highest BCUT2D eigenvalue weighted by Crippen LogP contribution is 2.48. The maximum Gasteiger partial charge on any atom is 0.513 e. The quantitative estimate of drug-likeness (QED) is 0.646. The van der Waals surface area contributed by atoms with Gasteiger partial charge in [-0.05, 0) is 38.3 Å². The van der Waals surface area contributed by atoms with Crippen LogP contribution >= 0.6 is 11.6 Å². The van der Waals surface area contributed by atoms with Gasteiger partial charge in [-0.25, -0.2) is 14.2 Å². The van der Waals surface area contributed by atoms with Gasteiger partial charge >= 0.3 is 6.16 Å². The van der Waals surface area contributed by atoms with Crippen LogP contribution in [0.5, 0.6) is 0 Å². The second-order valence-corrected chi connectivity index (χ2v) is 7.35. The van der Waals surface area contributed by atoms with Crippen LogP contribution in [0.25, 0.3) is 5.57 Å². The molecule has 30 heavy (non-hydrogen) atoms. The summed E-state index contributed by atoms with van der Waals surface area (Å²) in [5, 5.41) is 2.90. The Morgan fingerprint density at radius 3 is 2.47 bits per heavy atom. The Balaban J connectivity index is 2.23. The Bertz CT molecular complexity index is 882. The van der Waals surface area contributed by atoms with E-state index in [1.807, 2.05) is 0 Å². The monoisotopic (exact) mass is 442 g/mol. The average molecular weight is 443 g/mol. The van der Waals surface area contributed by atoms with Crippen molar-refractivity contribution in [2.45, 2.75) is 32.2 Å². The zero-order chi connectivity index (χ0) is 22.1. The van der Waals surface area contributed by atoms with Crippen LogP contribution in [0.2, 0.25) is 5.02 Å². The minimum Gasteiger partial charge on any atom is -0.434 e. The van der Waals surface area contributed by atoms with Crippen molar-refractivity contribution in [1.29, 1.82) is 0 Å². The summed E-state index contributed by atoms with van der Waals surface area (Å²) in [6.07, 6.45) is -0.346. The van der Waals surface area contributed by atoms with Crippen LogP contribution in [0.1, 0.15) is 30.9 Å². The van der Waals surface area contributed by atoms with E-state index < -0.39 is 23.4 Å². The van der Waals surface area contributed by atoms with Gasteiger partial charge in [0, 0.05) is 18.7 Å². The molecule has 0 atom stereocenters. The molecule has 0 N–H and O–H groups in total. The van der Waals surface area contributed by atoms with Crippen molar-refractivity contribution in [2.24, 2.45) is 0 Å². The van der Waals surface area contributed by atoms with Gasteiger partial charge in [-0.1, -0.05) is 17.7 Å². The molecule has 0 radical (unpaired) electrons. The molecule has 3 rings (SSSR count). The van der Waals surface area contributed by atoms with E-state index in [1.165, 1.54) is 19.2 Å². The number of carbonyl (C=O) groups excluding carboxylic acids is 2. The topological polar surface area (TPSA) is 77.5 Å². The Kier molecular flexibility index (Phi) is 6.66. The molecule has 0 aliphatic carbocycles. The fourth-order valence-corrected chi connectivity index (χ4v) is 4.18. The number of benzene rings is 1. The molecular weight excluding hydrogens is 419 g/mol. The number of hydroxylamine groups is 4. The largest absolute Gasteiger partial charge is 0.513 e. The number of piperidine rings is 1. The van der Waals surface area contributed by atoms with Crippen LogP contribution in [0.4, 0.5) is 9.18 Å². The lowest BCUT2D eigenvalue weighted by Crippen LogP contribution is -2.55. The van der Waals surface area contributed by atoms with Gasteiger partial charge in [-0.3, -0.25) is 9.63 Å². The van der Waals surface area contributed by atoms with Crippen LogP contribution in [0.3, 0.4) is 0 Å². The number of amides is 1. The highest BCUT2D eigenvalue weighted by atomic mass is 35.5. The Hall–Kier alpha value is -2.20. The molecule has 0 unspecified atom stereocenters. The number of ether oxygens (including phenoxy) is 2. The van der Waals surface area contributed by atoms with Crippen molar-refractivity contribution in [3.8, 4) is 0 Å². The summed E-state index contributed by atoms with van der Waals surface area (Å²) in [7, 11) is 2.88. The van der Waals surface area contributed by atoms with E-state index in [4.69, 9.17) is 30.7 Å². The molecule has 10 heteroatoms. The third-order valence-corrected chi connectivity index (χ3v) is 5.90. The molecule has 0 aromatic heterocycles. The molecule has 0 saturated carbocycles. The van der Waals surface area contributed by atoms with E-state index in [0.717, 1.165) is 5.06 Å². The van der Waals surface area contributed by atoms with E-state index in [0.29, 0.717) is 31.5 Å². The van der Waals surface area contributed by atoms with Crippen LogP contribution in [0, 0.1) is 12.7 Å². The van der Waals surface area contributed by atoms with Crippen molar-refractivity contribution in [3.05, 3.63) is 39.9 Å². The molecule has 164 valence electrons. The van der Waals surface area contributed by atoms with Crippen molar-refractivity contribution in [2.75, 3.05) is 33.9 Å². The molecule has 8 nitrogen and oxygen atoms in total. The van der Waals surface area contributed by atoms with E-state index in [-0.39, 0.29) is 28.5 Å². The fourth-order valence-electron chi connectivity index (χ4n) is 3.93. The number of rotatable bonds is 5. The van der Waals surface area contributed by atoms with Gasteiger partial charge in [0.15, 0.2) is 5.76 Å². The predicted molar refractivity (Wildman–Crippen MR) is 106 cm³/mol. The third-order valence-electron chi connectivity index (χ3n) is 5.41. The minimum atomic E-state index is -1.14. The first kappa shape index (κ1) is 22.5. The standard InChI is InChI=1S/C20H24ClFN2O6/c1-5-29-19(26)30-17-15(14-13(22)7-6-12(2)16(14)21)18(25)24(28-4)20(17)8-10-23(27-3)11-9-20/h6-7H,5,8-11H2,1-4H3. The third kappa shape index (κ3) is 3.66. The van der Waals surface area contributed by atoms with E-state index in [9.17, 15) is 14.0 Å². The van der Waals surface area contributed by atoms with Crippen LogP contribution in [-0.2, 0) is 23.9 Å². The van der Waals surface area contributed by atoms with Crippen molar-refractivity contribution >= 4 is 29.2 Å². The molecule has 1 saturated heterocycles. The van der Waals surface area contributed by atoms with Gasteiger partial charge in [0.05, 0.1) is 31.4 Å². The predicted octanol–water partition coefficient (Wildman–Crippen LogP) is 3.47. The number of nitrogens with zero attached hydrogens (tertiary/aromatic N) is 2. The van der Waals surface area contributed by atoms with Gasteiger partial charge in [-0.2, -0.15) is 5.06 Å². The highest BCUT2D eigenvalue weighted by Gasteiger charge is 2.57. The van der Waals surface area contributed by atoms with E-state index >= 15 is 0 Å². The number of halogens is 2. The summed E-state index contributed by atoms with van der Waals surface area (Å²) in [4.78, 5) is 36.3. The number of aryl methyl sites for hydroxylation is 1. The van der Waals surface area contributed by atoms with Crippen LogP contribution < -0.4 is 0 Å². The zero-order valence-corrected chi connectivity index (χ0v) is 18.0. The minimum absolute atomic E-state index is 0.0325. The lowest BCUT2D eigenvalue weighted by atomic mass is 9.85. The van der Waals surface area contributed by atoms with Crippen LogP contribution in [0.15, 0.2) is 17.9 Å². The van der Waals surface area contributed by atoms with Crippen LogP contribution in [-0.4, -0.2) is 61.6 Å². The summed E-state index contributed by atoms with van der Waals surface area (Å²) in [6, 6.07) is 2.72. The molecule has 2 aliphatic rings. The maximum absolute atomic E-state index is 14.9. The molecule has 2 aliphatic heterocycles. The maximum atomic E-state index is 14.9. The number of hydrogen-bond donors (Lipinski definition) is 0. The SMILES string of the molecule is CCOC(=O)OC1=C(c2c(F)ccc(C)c2Cl)C(=O)N(OC)C12CCN(OC)CC2. The summed E-state index contributed by atoms with van der Waals surface area (Å²) < 4.78 is 25.3. The molecular formula is C20H24ClFN2O6. The summed E-state index contributed by atoms with van der Waals surface area (Å²) in [5.74, 6) is -1.38. The fraction of sp³-hybridized carbons (Fsp3) is 0.500. The van der Waals surface area contributed by atoms with E-state index in [2.05, 4.69) is 0 Å². The summed E-state index contributed by atoms with van der Waals surface area (Å²) in [5.41, 5.74) is -0.846. The molecule has 1 aromatic rings. The van der Waals surface area contributed by atoms with Crippen molar-refractivity contribution < 1.29 is 33.1 Å². The summed E-state index contributed by atoms with van der Waals surface area (Å²) in [6.45, 7) is 4.25. The van der Waals surface area contributed by atoms with Gasteiger partial charge < -0.3 is 14.3 Å². The molecule has 1 spiro atoms. The Morgan fingerprint density at radius 2 is 1.90 bits per heavy atom. The summed E-state index contributed by atoms with van der Waals surface area (Å²) >= 11 is 6.39. The van der Waals surface area contributed by atoms with Gasteiger partial charge in [0.1, 0.15) is 11.4 Å². The normalized spacial score (nSPS) is 19.0. The van der Waals surface area contributed by atoms with Gasteiger partial charge in [-0.15, -0.1) is 0 Å². The smallest absolute Gasteiger partial charge is 0.434 e. The zero-order valence-electron chi connectivity index (χ0n) is 17.3. The van der Waals surface area contributed by atoms with Crippen molar-refractivity contribution in [1.82, 2.24) is 10.1 Å². The second kappa shape index (κ2) is 8.89. The highest BCUT2D eigenvalue weighted by molar-refractivity contribution is 6.36. The molecule has 2 heterocycles. The van der Waals surface area contributed by atoms with Gasteiger partial charge in [0.2, 0.25) is 0 Å². The first-order chi connectivity index (χ1) is 14.3. The molecule has 0 bridgehead atoms. The number of carbonyl (C=O) groups is 2. The second-order valence-electron chi connectivity index (χ2n) is 6.97. The average Bonchev–Trinajstić information content (AvgIpc) is 2.93. The first-order valence-electron chi connectivity index (χ1n) is 9.52.